The van der Waals surface area contributed by atoms with Gasteiger partial charge in [-0.2, -0.15) is 0 Å². The molecule has 0 radical (unpaired) electrons. The van der Waals surface area contributed by atoms with Crippen LogP contribution in [0.4, 0.5) is 11.6 Å². The molecule has 1 atom stereocenters. The topological polar surface area (TPSA) is 44.3 Å². The zero-order valence-corrected chi connectivity index (χ0v) is 12.6. The van der Waals surface area contributed by atoms with Gasteiger partial charge in [-0.05, 0) is 39.7 Å². The molecule has 5 heteroatoms. The second-order valence-electron chi connectivity index (χ2n) is 5.82. The Kier molecular flexibility index (Phi) is 4.05. The maximum Gasteiger partial charge on any atom is 0.134 e. The third-order valence-electron chi connectivity index (χ3n) is 4.31. The quantitative estimate of drug-likeness (QED) is 0.912. The molecule has 2 aliphatic rings. The van der Waals surface area contributed by atoms with Crippen molar-refractivity contribution in [3.05, 3.63) is 11.9 Å². The van der Waals surface area contributed by atoms with Gasteiger partial charge in [0.05, 0.1) is 0 Å². The Bertz CT molecular complexity index is 462. The van der Waals surface area contributed by atoms with Crippen LogP contribution in [0.1, 0.15) is 32.0 Å². The van der Waals surface area contributed by atoms with Crippen molar-refractivity contribution in [1.29, 1.82) is 0 Å². The highest BCUT2D eigenvalue weighted by Crippen LogP contribution is 2.25. The lowest BCUT2D eigenvalue weighted by molar-refractivity contribution is 0.273. The number of rotatable bonds is 3. The fourth-order valence-corrected chi connectivity index (χ4v) is 3.40. The van der Waals surface area contributed by atoms with Crippen LogP contribution in [0.5, 0.6) is 0 Å². The van der Waals surface area contributed by atoms with Gasteiger partial charge in [-0.25, -0.2) is 9.97 Å². The number of aromatic nitrogens is 2. The molecule has 1 N–H and O–H groups in total. The van der Waals surface area contributed by atoms with E-state index in [1.807, 2.05) is 6.92 Å². The van der Waals surface area contributed by atoms with Gasteiger partial charge < -0.3 is 10.2 Å². The summed E-state index contributed by atoms with van der Waals surface area (Å²) < 4.78 is 0. The predicted octanol–water partition coefficient (Wildman–Crippen LogP) is 1.89. The molecule has 1 aromatic heterocycles. The van der Waals surface area contributed by atoms with Crippen molar-refractivity contribution in [3.8, 4) is 0 Å². The molecule has 0 spiro atoms. The van der Waals surface area contributed by atoms with E-state index in [4.69, 9.17) is 0 Å². The zero-order valence-electron chi connectivity index (χ0n) is 12.6. The molecule has 0 amide bonds. The van der Waals surface area contributed by atoms with Gasteiger partial charge in [-0.15, -0.1) is 0 Å². The lowest BCUT2D eigenvalue weighted by Crippen LogP contribution is -2.37. The van der Waals surface area contributed by atoms with Crippen molar-refractivity contribution in [2.45, 2.75) is 39.2 Å². The third-order valence-corrected chi connectivity index (χ3v) is 4.31. The van der Waals surface area contributed by atoms with E-state index in [-0.39, 0.29) is 0 Å². The van der Waals surface area contributed by atoms with E-state index < -0.39 is 0 Å². The number of hydrogen-bond donors (Lipinski definition) is 1. The van der Waals surface area contributed by atoms with Crippen molar-refractivity contribution < 1.29 is 0 Å². The molecule has 1 unspecified atom stereocenters. The first kappa shape index (κ1) is 13.6. The lowest BCUT2D eigenvalue weighted by Gasteiger charge is -2.26. The Morgan fingerprint density at radius 2 is 2.10 bits per heavy atom. The second-order valence-corrected chi connectivity index (χ2v) is 5.82. The van der Waals surface area contributed by atoms with Gasteiger partial charge in [0.15, 0.2) is 0 Å². The van der Waals surface area contributed by atoms with Crippen molar-refractivity contribution in [2.75, 3.05) is 42.9 Å². The van der Waals surface area contributed by atoms with Gasteiger partial charge >= 0.3 is 0 Å². The highest BCUT2D eigenvalue weighted by atomic mass is 15.3. The van der Waals surface area contributed by atoms with Gasteiger partial charge in [0.2, 0.25) is 0 Å². The van der Waals surface area contributed by atoms with Crippen molar-refractivity contribution >= 4 is 11.6 Å². The average Bonchev–Trinajstić information content (AvgIpc) is 2.75. The lowest BCUT2D eigenvalue weighted by atomic mass is 10.2. The molecule has 1 aromatic rings. The van der Waals surface area contributed by atoms with Crippen molar-refractivity contribution in [3.63, 3.8) is 0 Å². The standard InChI is InChI=1S/C15H25N5/c1-3-16-14-10-15(18-12(2)17-14)20-9-5-8-19-7-4-6-13(19)11-20/h10,13H,3-9,11H2,1-2H3,(H,16,17,18). The summed E-state index contributed by atoms with van der Waals surface area (Å²) in [6, 6.07) is 2.82. The number of anilines is 2. The van der Waals surface area contributed by atoms with Crippen molar-refractivity contribution in [1.82, 2.24) is 14.9 Å². The summed E-state index contributed by atoms with van der Waals surface area (Å²) in [4.78, 5) is 14.2. The molecule has 0 aliphatic carbocycles. The van der Waals surface area contributed by atoms with E-state index in [2.05, 4.69) is 38.1 Å². The van der Waals surface area contributed by atoms with E-state index in [1.54, 1.807) is 0 Å². The molecule has 0 saturated carbocycles. The summed E-state index contributed by atoms with van der Waals surface area (Å²) in [6.45, 7) is 9.71. The van der Waals surface area contributed by atoms with Crippen LogP contribution in [0.2, 0.25) is 0 Å². The van der Waals surface area contributed by atoms with Gasteiger partial charge in [0, 0.05) is 38.3 Å². The molecule has 2 fully saturated rings. The van der Waals surface area contributed by atoms with E-state index in [1.165, 1.54) is 32.4 Å². The molecule has 3 rings (SSSR count). The third kappa shape index (κ3) is 2.87. The van der Waals surface area contributed by atoms with Crippen LogP contribution >= 0.6 is 0 Å². The number of aryl methyl sites for hydroxylation is 1. The van der Waals surface area contributed by atoms with Crippen LogP contribution in [0.15, 0.2) is 6.07 Å². The molecule has 110 valence electrons. The van der Waals surface area contributed by atoms with Gasteiger partial charge in [-0.1, -0.05) is 0 Å². The molecule has 20 heavy (non-hydrogen) atoms. The summed E-state index contributed by atoms with van der Waals surface area (Å²) in [5.41, 5.74) is 0. The number of hydrogen-bond acceptors (Lipinski definition) is 5. The Hall–Kier alpha value is -1.36. The fraction of sp³-hybridized carbons (Fsp3) is 0.733. The van der Waals surface area contributed by atoms with Gasteiger partial charge in [-0.3, -0.25) is 4.90 Å². The van der Waals surface area contributed by atoms with Crippen LogP contribution in [0, 0.1) is 6.92 Å². The first-order valence-corrected chi connectivity index (χ1v) is 7.85. The van der Waals surface area contributed by atoms with E-state index in [9.17, 15) is 0 Å². The van der Waals surface area contributed by atoms with Gasteiger partial charge in [0.1, 0.15) is 17.5 Å². The molecule has 2 saturated heterocycles. The number of nitrogens with one attached hydrogen (secondary N) is 1. The van der Waals surface area contributed by atoms with Crippen LogP contribution in [-0.4, -0.2) is 53.6 Å². The first-order chi connectivity index (χ1) is 9.76. The minimum atomic E-state index is 0.718. The summed E-state index contributed by atoms with van der Waals surface area (Å²) in [7, 11) is 0. The number of fused-ring (bicyclic) bond motifs is 1. The zero-order chi connectivity index (χ0) is 13.9. The Balaban J connectivity index is 1.80. The Labute approximate surface area is 121 Å². The van der Waals surface area contributed by atoms with E-state index >= 15 is 0 Å². The summed E-state index contributed by atoms with van der Waals surface area (Å²) in [5, 5.41) is 3.30. The molecule has 3 heterocycles. The molecular formula is C15H25N5. The summed E-state index contributed by atoms with van der Waals surface area (Å²) in [6.07, 6.45) is 3.92. The molecular weight excluding hydrogens is 250 g/mol. The Morgan fingerprint density at radius 1 is 1.25 bits per heavy atom. The molecule has 0 bridgehead atoms. The minimum absolute atomic E-state index is 0.718. The monoisotopic (exact) mass is 275 g/mol. The minimum Gasteiger partial charge on any atom is -0.370 e. The highest BCUT2D eigenvalue weighted by molar-refractivity contribution is 5.49. The summed E-state index contributed by atoms with van der Waals surface area (Å²) >= 11 is 0. The smallest absolute Gasteiger partial charge is 0.134 e. The fourth-order valence-electron chi connectivity index (χ4n) is 3.40. The highest BCUT2D eigenvalue weighted by Gasteiger charge is 2.29. The first-order valence-electron chi connectivity index (χ1n) is 7.85. The van der Waals surface area contributed by atoms with Gasteiger partial charge in [0.25, 0.3) is 0 Å². The maximum absolute atomic E-state index is 4.65. The molecule has 0 aromatic carbocycles. The van der Waals surface area contributed by atoms with Crippen molar-refractivity contribution in [2.24, 2.45) is 0 Å². The predicted molar refractivity (Wildman–Crippen MR) is 82.4 cm³/mol. The maximum atomic E-state index is 4.65. The van der Waals surface area contributed by atoms with Crippen LogP contribution in [-0.2, 0) is 0 Å². The number of nitrogens with zero attached hydrogens (tertiary/aromatic N) is 4. The SMILES string of the molecule is CCNc1cc(N2CCCN3CCCC3C2)nc(C)n1. The second kappa shape index (κ2) is 5.95. The summed E-state index contributed by atoms with van der Waals surface area (Å²) in [5.74, 6) is 2.88. The average molecular weight is 275 g/mol. The molecule has 5 nitrogen and oxygen atoms in total. The van der Waals surface area contributed by atoms with Crippen LogP contribution in [0.25, 0.3) is 0 Å². The van der Waals surface area contributed by atoms with Crippen LogP contribution < -0.4 is 10.2 Å². The van der Waals surface area contributed by atoms with E-state index in [0.29, 0.717) is 0 Å². The normalized spacial score (nSPS) is 23.5. The van der Waals surface area contributed by atoms with Crippen LogP contribution in [0.3, 0.4) is 0 Å². The Morgan fingerprint density at radius 3 is 2.95 bits per heavy atom. The largest absolute Gasteiger partial charge is 0.370 e. The van der Waals surface area contributed by atoms with E-state index in [0.717, 1.165) is 43.1 Å². The molecule has 2 aliphatic heterocycles.